The number of halogens is 1. The average molecular weight is 424 g/mol. The average Bonchev–Trinajstić information content (AvgIpc) is 3.04. The van der Waals surface area contributed by atoms with E-state index in [-0.39, 0.29) is 16.6 Å². The Balaban J connectivity index is 1.83. The maximum absolute atomic E-state index is 12.5. The minimum absolute atomic E-state index is 0.0462. The molecule has 0 aromatic heterocycles. The Labute approximate surface area is 165 Å². The highest BCUT2D eigenvalue weighted by molar-refractivity contribution is 8.15. The maximum atomic E-state index is 12.5. The van der Waals surface area contributed by atoms with Crippen molar-refractivity contribution in [3.05, 3.63) is 58.6 Å². The van der Waals surface area contributed by atoms with E-state index in [4.69, 9.17) is 15.8 Å². The van der Waals surface area contributed by atoms with Gasteiger partial charge < -0.3 is 9.50 Å². The fourth-order valence-electron chi connectivity index (χ4n) is 2.08. The van der Waals surface area contributed by atoms with Crippen molar-refractivity contribution in [2.24, 2.45) is 10.2 Å². The molecule has 0 spiro atoms. The zero-order chi connectivity index (χ0) is 19.4. The Hall–Kier alpha value is -2.36. The molecule has 10 heteroatoms. The summed E-state index contributed by atoms with van der Waals surface area (Å²) in [6.07, 6.45) is 1.35. The zero-order valence-corrected chi connectivity index (χ0v) is 16.4. The molecule has 1 aliphatic rings. The number of nitrogens with zero attached hydrogens (tertiary/aromatic N) is 2. The van der Waals surface area contributed by atoms with E-state index >= 15 is 0 Å². The third-order valence-corrected chi connectivity index (χ3v) is 5.98. The second kappa shape index (κ2) is 8.12. The Kier molecular flexibility index (Phi) is 5.83. The van der Waals surface area contributed by atoms with Gasteiger partial charge in [-0.25, -0.2) is 0 Å². The van der Waals surface area contributed by atoms with Crippen LogP contribution in [0.2, 0.25) is 5.02 Å². The minimum atomic E-state index is -4.07. The number of carbonyl (C=O) groups excluding carboxylic acids is 1. The van der Waals surface area contributed by atoms with Gasteiger partial charge in [0.25, 0.3) is 0 Å². The quantitative estimate of drug-likeness (QED) is 0.453. The van der Waals surface area contributed by atoms with E-state index < -0.39 is 10.1 Å². The van der Waals surface area contributed by atoms with E-state index in [9.17, 15) is 13.2 Å². The lowest BCUT2D eigenvalue weighted by Crippen LogP contribution is -2.19. The highest BCUT2D eigenvalue weighted by atomic mass is 35.5. The fourth-order valence-corrected chi connectivity index (χ4v) is 3.94. The molecule has 2 aromatic rings. The van der Waals surface area contributed by atoms with Gasteiger partial charge in [-0.3, -0.25) is 4.79 Å². The normalized spacial score (nSPS) is 16.1. The lowest BCUT2D eigenvalue weighted by Gasteiger charge is -2.10. The van der Waals surface area contributed by atoms with Crippen molar-refractivity contribution in [1.29, 1.82) is 0 Å². The Morgan fingerprint density at radius 3 is 2.74 bits per heavy atom. The standard InChI is InChI=1S/C17H14ClN3O4S2/c1-11-6-7-13(8-14(11)18)27(23,24)25-15-5-3-2-4-12(15)9-19-21-17-20-16(22)10-26-17/h2-9H,10H2,1H3,(H,20,21,22). The molecule has 0 unspecified atom stereocenters. The molecular weight excluding hydrogens is 410 g/mol. The summed E-state index contributed by atoms with van der Waals surface area (Å²) in [5.41, 5.74) is 1.18. The number of para-hydroxylation sites is 1. The predicted molar refractivity (Wildman–Crippen MR) is 106 cm³/mol. The number of carbonyl (C=O) groups is 1. The molecule has 27 heavy (non-hydrogen) atoms. The highest BCUT2D eigenvalue weighted by Gasteiger charge is 2.19. The number of amides is 1. The minimum Gasteiger partial charge on any atom is -0.378 e. The van der Waals surface area contributed by atoms with Gasteiger partial charge in [0.05, 0.1) is 12.0 Å². The third kappa shape index (κ3) is 4.88. The molecule has 0 bridgehead atoms. The molecule has 7 nitrogen and oxygen atoms in total. The Bertz CT molecular complexity index is 1050. The number of benzene rings is 2. The van der Waals surface area contributed by atoms with Crippen LogP contribution >= 0.6 is 23.4 Å². The molecule has 140 valence electrons. The van der Waals surface area contributed by atoms with Crippen LogP contribution in [0.4, 0.5) is 0 Å². The molecule has 1 heterocycles. The topological polar surface area (TPSA) is 97.2 Å². The highest BCUT2D eigenvalue weighted by Crippen LogP contribution is 2.25. The molecule has 0 saturated carbocycles. The summed E-state index contributed by atoms with van der Waals surface area (Å²) >= 11 is 7.24. The van der Waals surface area contributed by atoms with Crippen LogP contribution in [0.25, 0.3) is 0 Å². The maximum Gasteiger partial charge on any atom is 0.339 e. The molecule has 1 aliphatic heterocycles. The molecule has 2 aromatic carbocycles. The number of nitrogens with one attached hydrogen (secondary N) is 1. The van der Waals surface area contributed by atoms with Gasteiger partial charge in [0.2, 0.25) is 5.91 Å². The van der Waals surface area contributed by atoms with Crippen molar-refractivity contribution < 1.29 is 17.4 Å². The third-order valence-electron chi connectivity index (χ3n) is 3.48. The molecule has 0 aliphatic carbocycles. The van der Waals surface area contributed by atoms with E-state index in [1.165, 1.54) is 36.2 Å². The van der Waals surface area contributed by atoms with E-state index in [0.29, 0.717) is 21.5 Å². The van der Waals surface area contributed by atoms with Gasteiger partial charge in [-0.1, -0.05) is 41.6 Å². The molecule has 1 N–H and O–H groups in total. The van der Waals surface area contributed by atoms with Gasteiger partial charge in [-0.05, 0) is 36.8 Å². The predicted octanol–water partition coefficient (Wildman–Crippen LogP) is 2.97. The van der Waals surface area contributed by atoms with Gasteiger partial charge >= 0.3 is 10.1 Å². The van der Waals surface area contributed by atoms with Crippen molar-refractivity contribution in [3.8, 4) is 5.75 Å². The lowest BCUT2D eigenvalue weighted by molar-refractivity contribution is -0.116. The lowest BCUT2D eigenvalue weighted by atomic mass is 10.2. The molecule has 1 amide bonds. The van der Waals surface area contributed by atoms with Gasteiger partial charge in [-0.15, -0.1) is 5.10 Å². The van der Waals surface area contributed by atoms with Crippen LogP contribution in [-0.2, 0) is 14.9 Å². The van der Waals surface area contributed by atoms with E-state index in [2.05, 4.69) is 15.5 Å². The monoisotopic (exact) mass is 423 g/mol. The molecule has 1 fully saturated rings. The van der Waals surface area contributed by atoms with Crippen LogP contribution in [0.15, 0.2) is 57.6 Å². The molecule has 0 radical (unpaired) electrons. The smallest absolute Gasteiger partial charge is 0.339 e. The molecule has 0 atom stereocenters. The van der Waals surface area contributed by atoms with Gasteiger partial charge in [0.1, 0.15) is 4.90 Å². The van der Waals surface area contributed by atoms with E-state index in [1.54, 1.807) is 31.2 Å². The first-order valence-corrected chi connectivity index (χ1v) is 10.5. The zero-order valence-electron chi connectivity index (χ0n) is 14.0. The fraction of sp³-hybridized carbons (Fsp3) is 0.118. The second-order valence-corrected chi connectivity index (χ2v) is 8.39. The van der Waals surface area contributed by atoms with Crippen molar-refractivity contribution in [2.45, 2.75) is 11.8 Å². The van der Waals surface area contributed by atoms with Crippen LogP contribution in [-0.4, -0.2) is 31.5 Å². The van der Waals surface area contributed by atoms with Crippen molar-refractivity contribution in [3.63, 3.8) is 0 Å². The first kappa shape index (κ1) is 19.4. The van der Waals surface area contributed by atoms with Crippen molar-refractivity contribution in [1.82, 2.24) is 5.32 Å². The SMILES string of the molecule is Cc1ccc(S(=O)(=O)Oc2ccccc2C=N/N=C2/NC(=O)CS2)cc1Cl. The summed E-state index contributed by atoms with van der Waals surface area (Å²) in [6, 6.07) is 10.9. The van der Waals surface area contributed by atoms with E-state index in [0.717, 1.165) is 5.56 Å². The number of thioether (sulfide) groups is 1. The van der Waals surface area contributed by atoms with Crippen molar-refractivity contribution >= 4 is 50.8 Å². The van der Waals surface area contributed by atoms with Crippen LogP contribution in [0.5, 0.6) is 5.75 Å². The number of aryl methyl sites for hydroxylation is 1. The van der Waals surface area contributed by atoms with Gasteiger partial charge in [-0.2, -0.15) is 13.5 Å². The Morgan fingerprint density at radius 2 is 2.04 bits per heavy atom. The molecule has 1 saturated heterocycles. The second-order valence-electron chi connectivity index (χ2n) is 5.47. The number of hydrogen-bond acceptors (Lipinski definition) is 7. The van der Waals surface area contributed by atoms with Crippen molar-refractivity contribution in [2.75, 3.05) is 5.75 Å². The number of rotatable bonds is 5. The Morgan fingerprint density at radius 1 is 1.26 bits per heavy atom. The van der Waals surface area contributed by atoms with Crippen LogP contribution in [0.3, 0.4) is 0 Å². The summed E-state index contributed by atoms with van der Waals surface area (Å²) < 4.78 is 30.3. The summed E-state index contributed by atoms with van der Waals surface area (Å²) in [5.74, 6) is 0.257. The number of hydrogen-bond donors (Lipinski definition) is 1. The number of amidine groups is 1. The summed E-state index contributed by atoms with van der Waals surface area (Å²) in [4.78, 5) is 11.1. The first-order valence-electron chi connectivity index (χ1n) is 7.68. The van der Waals surface area contributed by atoms with Gasteiger partial charge in [0, 0.05) is 10.6 Å². The van der Waals surface area contributed by atoms with Crippen LogP contribution in [0.1, 0.15) is 11.1 Å². The summed E-state index contributed by atoms with van der Waals surface area (Å²) in [6.45, 7) is 1.78. The largest absolute Gasteiger partial charge is 0.378 e. The first-order chi connectivity index (χ1) is 12.8. The van der Waals surface area contributed by atoms with Crippen LogP contribution < -0.4 is 9.50 Å². The molecule has 3 rings (SSSR count). The summed E-state index contributed by atoms with van der Waals surface area (Å²) in [7, 11) is -4.07. The van der Waals surface area contributed by atoms with E-state index in [1.807, 2.05) is 0 Å². The summed E-state index contributed by atoms with van der Waals surface area (Å²) in [5, 5.41) is 11.0. The molecular formula is C17H14ClN3O4S2. The van der Waals surface area contributed by atoms with Gasteiger partial charge in [0.15, 0.2) is 10.9 Å². The van der Waals surface area contributed by atoms with Crippen LogP contribution in [0, 0.1) is 6.92 Å².